The van der Waals surface area contributed by atoms with Gasteiger partial charge in [0.1, 0.15) is 5.78 Å². The molecule has 0 spiro atoms. The highest BCUT2D eigenvalue weighted by Crippen LogP contribution is 2.38. The Bertz CT molecular complexity index is 436. The van der Waals surface area contributed by atoms with Crippen LogP contribution in [-0.2, 0) is 4.79 Å². The normalized spacial score (nSPS) is 23.4. The van der Waals surface area contributed by atoms with Crippen molar-refractivity contribution in [2.45, 2.75) is 32.1 Å². The molecule has 3 rings (SSSR count). The topological polar surface area (TPSA) is 20.3 Å². The quantitative estimate of drug-likeness (QED) is 0.794. The van der Waals surface area contributed by atoms with Crippen LogP contribution in [0.25, 0.3) is 0 Å². The number of hydrogen-bond acceptors (Lipinski definition) is 2. The highest BCUT2D eigenvalue weighted by molar-refractivity contribution is 5.88. The predicted octanol–water partition coefficient (Wildman–Crippen LogP) is 2.98. The van der Waals surface area contributed by atoms with Gasteiger partial charge in [0.25, 0.3) is 0 Å². The fourth-order valence-electron chi connectivity index (χ4n) is 2.99. The Kier molecular flexibility index (Phi) is 2.65. The summed E-state index contributed by atoms with van der Waals surface area (Å²) in [7, 11) is 0. The SMILES string of the molecule is CC(=O)C1CN(CC2CCC2)c2ccccc21. The lowest BCUT2D eigenvalue weighted by atomic mass is 9.85. The van der Waals surface area contributed by atoms with Crippen LogP contribution in [-0.4, -0.2) is 18.9 Å². The van der Waals surface area contributed by atoms with Crippen molar-refractivity contribution in [1.29, 1.82) is 0 Å². The molecule has 0 saturated heterocycles. The summed E-state index contributed by atoms with van der Waals surface area (Å²) in [6.07, 6.45) is 4.11. The van der Waals surface area contributed by atoms with Crippen molar-refractivity contribution in [3.05, 3.63) is 29.8 Å². The summed E-state index contributed by atoms with van der Waals surface area (Å²) in [5.41, 5.74) is 2.53. The first-order chi connectivity index (χ1) is 8.25. The van der Waals surface area contributed by atoms with Crippen molar-refractivity contribution < 1.29 is 4.79 Å². The first kappa shape index (κ1) is 10.8. The van der Waals surface area contributed by atoms with E-state index in [0.29, 0.717) is 5.78 Å². The van der Waals surface area contributed by atoms with Crippen LogP contribution in [0.4, 0.5) is 5.69 Å². The van der Waals surface area contributed by atoms with E-state index in [2.05, 4.69) is 23.1 Å². The monoisotopic (exact) mass is 229 g/mol. The van der Waals surface area contributed by atoms with Crippen LogP contribution in [0.15, 0.2) is 24.3 Å². The second-order valence-corrected chi connectivity index (χ2v) is 5.42. The molecule has 1 unspecified atom stereocenters. The molecule has 1 aliphatic carbocycles. The van der Waals surface area contributed by atoms with Crippen LogP contribution >= 0.6 is 0 Å². The number of anilines is 1. The molecular weight excluding hydrogens is 210 g/mol. The van der Waals surface area contributed by atoms with Crippen LogP contribution < -0.4 is 4.90 Å². The highest BCUT2D eigenvalue weighted by Gasteiger charge is 2.33. The molecule has 90 valence electrons. The summed E-state index contributed by atoms with van der Waals surface area (Å²) >= 11 is 0. The minimum absolute atomic E-state index is 0.103. The Morgan fingerprint density at radius 3 is 2.76 bits per heavy atom. The van der Waals surface area contributed by atoms with Crippen LogP contribution in [0.3, 0.4) is 0 Å². The second-order valence-electron chi connectivity index (χ2n) is 5.42. The minimum Gasteiger partial charge on any atom is -0.370 e. The van der Waals surface area contributed by atoms with E-state index in [1.807, 2.05) is 6.07 Å². The Morgan fingerprint density at radius 1 is 1.35 bits per heavy atom. The Balaban J connectivity index is 1.85. The van der Waals surface area contributed by atoms with Gasteiger partial charge in [-0.15, -0.1) is 0 Å². The van der Waals surface area contributed by atoms with E-state index in [9.17, 15) is 4.79 Å². The molecule has 2 heteroatoms. The largest absolute Gasteiger partial charge is 0.370 e. The summed E-state index contributed by atoms with van der Waals surface area (Å²) in [5, 5.41) is 0. The van der Waals surface area contributed by atoms with Gasteiger partial charge in [-0.3, -0.25) is 4.79 Å². The number of para-hydroxylation sites is 1. The van der Waals surface area contributed by atoms with Crippen molar-refractivity contribution in [2.75, 3.05) is 18.0 Å². The maximum absolute atomic E-state index is 11.7. The molecule has 0 bridgehead atoms. The van der Waals surface area contributed by atoms with Crippen LogP contribution in [0.2, 0.25) is 0 Å². The molecule has 17 heavy (non-hydrogen) atoms. The lowest BCUT2D eigenvalue weighted by Crippen LogP contribution is -2.32. The minimum atomic E-state index is 0.103. The van der Waals surface area contributed by atoms with Crippen LogP contribution in [0, 0.1) is 5.92 Å². The van der Waals surface area contributed by atoms with E-state index in [1.54, 1.807) is 6.92 Å². The molecule has 1 saturated carbocycles. The number of nitrogens with zero attached hydrogens (tertiary/aromatic N) is 1. The van der Waals surface area contributed by atoms with Crippen LogP contribution in [0.1, 0.15) is 37.7 Å². The summed E-state index contributed by atoms with van der Waals surface area (Å²) in [6, 6.07) is 8.40. The first-order valence-electron chi connectivity index (χ1n) is 6.60. The zero-order valence-electron chi connectivity index (χ0n) is 10.4. The average molecular weight is 229 g/mol. The molecule has 1 fully saturated rings. The zero-order chi connectivity index (χ0) is 11.8. The van der Waals surface area contributed by atoms with Gasteiger partial charge in [0.2, 0.25) is 0 Å². The van der Waals surface area contributed by atoms with E-state index in [4.69, 9.17) is 0 Å². The van der Waals surface area contributed by atoms with Gasteiger partial charge >= 0.3 is 0 Å². The van der Waals surface area contributed by atoms with Gasteiger partial charge in [0, 0.05) is 18.8 Å². The van der Waals surface area contributed by atoms with Gasteiger partial charge in [-0.05, 0) is 37.3 Å². The van der Waals surface area contributed by atoms with Crippen molar-refractivity contribution in [3.8, 4) is 0 Å². The number of benzene rings is 1. The Morgan fingerprint density at radius 2 is 2.12 bits per heavy atom. The predicted molar refractivity (Wildman–Crippen MR) is 69.4 cm³/mol. The maximum Gasteiger partial charge on any atom is 0.139 e. The number of fused-ring (bicyclic) bond motifs is 1. The van der Waals surface area contributed by atoms with Crippen molar-refractivity contribution in [3.63, 3.8) is 0 Å². The molecule has 0 N–H and O–H groups in total. The zero-order valence-corrected chi connectivity index (χ0v) is 10.4. The molecule has 0 radical (unpaired) electrons. The maximum atomic E-state index is 11.7. The number of Topliss-reactive ketones (excluding diaryl/α,β-unsaturated/α-hetero) is 1. The molecule has 1 aliphatic heterocycles. The number of carbonyl (C=O) groups excluding carboxylic acids is 1. The van der Waals surface area contributed by atoms with Gasteiger partial charge in [0.05, 0.1) is 5.92 Å². The lowest BCUT2D eigenvalue weighted by molar-refractivity contribution is -0.118. The van der Waals surface area contributed by atoms with E-state index in [1.165, 1.54) is 30.5 Å². The Hall–Kier alpha value is -1.31. The van der Waals surface area contributed by atoms with Crippen LogP contribution in [0.5, 0.6) is 0 Å². The summed E-state index contributed by atoms with van der Waals surface area (Å²) < 4.78 is 0. The number of carbonyl (C=O) groups is 1. The first-order valence-corrected chi connectivity index (χ1v) is 6.60. The third-order valence-electron chi connectivity index (χ3n) is 4.25. The number of hydrogen-bond donors (Lipinski definition) is 0. The molecule has 1 aromatic carbocycles. The lowest BCUT2D eigenvalue weighted by Gasteiger charge is -2.31. The molecule has 1 atom stereocenters. The van der Waals surface area contributed by atoms with E-state index < -0.39 is 0 Å². The third-order valence-corrected chi connectivity index (χ3v) is 4.25. The average Bonchev–Trinajstić information content (AvgIpc) is 2.63. The second kappa shape index (κ2) is 4.17. The molecule has 0 aromatic heterocycles. The van der Waals surface area contributed by atoms with E-state index in [-0.39, 0.29) is 5.92 Å². The van der Waals surface area contributed by atoms with Gasteiger partial charge in [-0.25, -0.2) is 0 Å². The number of ketones is 1. The molecule has 2 nitrogen and oxygen atoms in total. The standard InChI is InChI=1S/C15H19NO/c1-11(17)14-10-16(9-12-5-4-6-12)15-8-3-2-7-13(14)15/h2-3,7-8,12,14H,4-6,9-10H2,1H3. The fourth-order valence-corrected chi connectivity index (χ4v) is 2.99. The van der Waals surface area contributed by atoms with Crippen molar-refractivity contribution in [1.82, 2.24) is 0 Å². The molecule has 1 aromatic rings. The van der Waals surface area contributed by atoms with Gasteiger partial charge in [-0.2, -0.15) is 0 Å². The third kappa shape index (κ3) is 1.86. The van der Waals surface area contributed by atoms with Gasteiger partial charge < -0.3 is 4.90 Å². The molecular formula is C15H19NO. The van der Waals surface area contributed by atoms with E-state index >= 15 is 0 Å². The van der Waals surface area contributed by atoms with Crippen molar-refractivity contribution >= 4 is 11.5 Å². The number of rotatable bonds is 3. The van der Waals surface area contributed by atoms with E-state index in [0.717, 1.165) is 19.0 Å². The fraction of sp³-hybridized carbons (Fsp3) is 0.533. The summed E-state index contributed by atoms with van der Waals surface area (Å²) in [6.45, 7) is 3.75. The smallest absolute Gasteiger partial charge is 0.139 e. The highest BCUT2D eigenvalue weighted by atomic mass is 16.1. The molecule has 1 heterocycles. The van der Waals surface area contributed by atoms with Gasteiger partial charge in [0.15, 0.2) is 0 Å². The van der Waals surface area contributed by atoms with Crippen molar-refractivity contribution in [2.24, 2.45) is 5.92 Å². The molecule has 2 aliphatic rings. The Labute approximate surface area is 103 Å². The molecule has 0 amide bonds. The summed E-state index contributed by atoms with van der Waals surface area (Å²) in [5.74, 6) is 1.26. The summed E-state index contributed by atoms with van der Waals surface area (Å²) in [4.78, 5) is 14.1. The van der Waals surface area contributed by atoms with Gasteiger partial charge in [-0.1, -0.05) is 24.6 Å².